The Hall–Kier alpha value is -0.906. The number of hydrogen-bond donors (Lipinski definition) is 2. The summed E-state index contributed by atoms with van der Waals surface area (Å²) in [5.41, 5.74) is 3.39. The molecular weight excluding hydrogens is 436 g/mol. The summed E-state index contributed by atoms with van der Waals surface area (Å²) >= 11 is 0. The Balaban J connectivity index is 2.44. The van der Waals surface area contributed by atoms with Crippen molar-refractivity contribution in [2.45, 2.75) is 78.3 Å². The second-order valence-electron chi connectivity index (χ2n) is 7.90. The molecule has 2 N–H and O–H groups in total. The van der Waals surface area contributed by atoms with E-state index in [2.05, 4.69) is 76.4 Å². The van der Waals surface area contributed by atoms with Gasteiger partial charge in [-0.2, -0.15) is 0 Å². The van der Waals surface area contributed by atoms with E-state index in [1.54, 1.807) is 0 Å². The Labute approximate surface area is 200 Å². The lowest BCUT2D eigenvalue weighted by molar-refractivity contribution is 0.201. The normalized spacial score (nSPS) is 13.5. The van der Waals surface area contributed by atoms with Crippen LogP contribution in [0.3, 0.4) is 0 Å². The van der Waals surface area contributed by atoms with Gasteiger partial charge < -0.3 is 28.3 Å². The average Bonchev–Trinajstić information content (AvgIpc) is 2.80. The lowest BCUT2D eigenvalue weighted by Crippen LogP contribution is -2.30. The molecule has 0 saturated carbocycles. The van der Waals surface area contributed by atoms with Crippen LogP contribution < -0.4 is 10.6 Å². The lowest BCUT2D eigenvalue weighted by Gasteiger charge is -2.24. The summed E-state index contributed by atoms with van der Waals surface area (Å²) in [5.74, 6) is 0. The Morgan fingerprint density at radius 2 is 0.906 bits per heavy atom. The van der Waals surface area contributed by atoms with Crippen molar-refractivity contribution in [2.24, 2.45) is 0 Å². The Kier molecular flexibility index (Phi) is 16.9. The zero-order chi connectivity index (χ0) is 23.6. The predicted octanol–water partition coefficient (Wildman–Crippen LogP) is 5.44. The fourth-order valence-corrected chi connectivity index (χ4v) is 8.12. The molecule has 0 bridgehead atoms. The van der Waals surface area contributed by atoms with Crippen LogP contribution in [0, 0.1) is 0 Å². The van der Waals surface area contributed by atoms with Gasteiger partial charge in [-0.3, -0.25) is 0 Å². The first-order chi connectivity index (χ1) is 15.6. The molecule has 0 radical (unpaired) electrons. The van der Waals surface area contributed by atoms with E-state index in [-0.39, 0.29) is 0 Å². The van der Waals surface area contributed by atoms with E-state index in [9.17, 15) is 0 Å². The first-order valence-electron chi connectivity index (χ1n) is 12.7. The third-order valence-electron chi connectivity index (χ3n) is 5.72. The molecule has 0 aliphatic heterocycles. The van der Waals surface area contributed by atoms with E-state index in [4.69, 9.17) is 17.7 Å². The van der Waals surface area contributed by atoms with Crippen LogP contribution >= 0.6 is 0 Å². The molecule has 0 aromatic heterocycles. The van der Waals surface area contributed by atoms with Crippen LogP contribution in [0.5, 0.6) is 0 Å². The van der Waals surface area contributed by atoms with Crippen LogP contribution in [0.25, 0.3) is 0 Å². The van der Waals surface area contributed by atoms with Crippen molar-refractivity contribution >= 4 is 29.9 Å². The molecule has 2 atom stereocenters. The van der Waals surface area contributed by atoms with Gasteiger partial charge in [0.15, 0.2) is 0 Å². The predicted molar refractivity (Wildman–Crippen MR) is 142 cm³/mol. The van der Waals surface area contributed by atoms with Crippen molar-refractivity contribution in [3.63, 3.8) is 0 Å². The largest absolute Gasteiger partial charge is 0.397 e. The Morgan fingerprint density at radius 1 is 0.594 bits per heavy atom. The van der Waals surface area contributed by atoms with Gasteiger partial charge >= 0.3 is 18.6 Å². The van der Waals surface area contributed by atoms with E-state index >= 15 is 0 Å². The zero-order valence-corrected chi connectivity index (χ0v) is 23.6. The number of anilines is 2. The fourth-order valence-electron chi connectivity index (χ4n) is 3.87. The van der Waals surface area contributed by atoms with Crippen molar-refractivity contribution in [3.05, 3.63) is 24.3 Å². The lowest BCUT2D eigenvalue weighted by atomic mass is 10.2. The van der Waals surface area contributed by atoms with Crippen LogP contribution in [0.15, 0.2) is 24.3 Å². The molecule has 8 heteroatoms. The second-order valence-corrected chi connectivity index (χ2v) is 12.6. The smallest absolute Gasteiger partial charge is 0.324 e. The van der Waals surface area contributed by atoms with Gasteiger partial charge in [0.25, 0.3) is 0 Å². The first kappa shape index (κ1) is 29.1. The summed E-state index contributed by atoms with van der Waals surface area (Å²) < 4.78 is 23.7. The quantitative estimate of drug-likeness (QED) is 0.240. The van der Waals surface area contributed by atoms with Gasteiger partial charge in [-0.25, -0.2) is 0 Å². The third kappa shape index (κ3) is 11.3. The summed E-state index contributed by atoms with van der Waals surface area (Å²) in [6.07, 6.45) is 4.38. The van der Waals surface area contributed by atoms with Crippen LogP contribution in [-0.4, -0.2) is 58.1 Å². The highest BCUT2D eigenvalue weighted by Gasteiger charge is 2.24. The van der Waals surface area contributed by atoms with E-state index < -0.39 is 18.6 Å². The highest BCUT2D eigenvalue weighted by Crippen LogP contribution is 2.24. The van der Waals surface area contributed by atoms with Crippen LogP contribution in [-0.2, 0) is 17.7 Å². The van der Waals surface area contributed by atoms with Crippen LogP contribution in [0.1, 0.15) is 67.2 Å². The minimum absolute atomic E-state index is 0.538. The minimum atomic E-state index is -1.59. The molecule has 6 nitrogen and oxygen atoms in total. The van der Waals surface area contributed by atoms with Crippen molar-refractivity contribution in [3.8, 4) is 0 Å². The molecule has 0 saturated heterocycles. The van der Waals surface area contributed by atoms with Crippen LogP contribution in [0.2, 0.25) is 11.1 Å². The van der Waals surface area contributed by atoms with Gasteiger partial charge in [0.05, 0.1) is 0 Å². The van der Waals surface area contributed by atoms with Gasteiger partial charge in [0.2, 0.25) is 0 Å². The summed E-state index contributed by atoms with van der Waals surface area (Å²) in [6, 6.07) is 8.61. The maximum absolute atomic E-state index is 5.93. The van der Waals surface area contributed by atoms with Crippen molar-refractivity contribution in [2.75, 3.05) is 50.2 Å². The van der Waals surface area contributed by atoms with E-state index in [1.165, 1.54) is 0 Å². The van der Waals surface area contributed by atoms with E-state index in [0.717, 1.165) is 76.6 Å². The molecular formula is C24H48N2O4Si2. The number of benzene rings is 1. The van der Waals surface area contributed by atoms with Gasteiger partial charge in [-0.05, 0) is 64.8 Å². The van der Waals surface area contributed by atoms with E-state index in [0.29, 0.717) is 11.1 Å². The van der Waals surface area contributed by atoms with Gasteiger partial charge in [-0.15, -0.1) is 0 Å². The van der Waals surface area contributed by atoms with E-state index in [1.807, 2.05) is 0 Å². The van der Waals surface area contributed by atoms with Gasteiger partial charge in [0, 0.05) is 62.0 Å². The summed E-state index contributed by atoms with van der Waals surface area (Å²) in [5, 5.41) is 7.12. The zero-order valence-electron chi connectivity index (χ0n) is 21.3. The molecule has 1 aromatic carbocycles. The summed E-state index contributed by atoms with van der Waals surface area (Å²) in [6.45, 7) is 17.5. The number of hydrogen-bond acceptors (Lipinski definition) is 6. The molecule has 1 aromatic rings. The number of rotatable bonds is 20. The van der Waals surface area contributed by atoms with Gasteiger partial charge in [-0.1, -0.05) is 26.7 Å². The molecule has 186 valence electrons. The second kappa shape index (κ2) is 18.5. The van der Waals surface area contributed by atoms with Crippen molar-refractivity contribution in [1.29, 1.82) is 0 Å². The maximum atomic E-state index is 5.93. The molecule has 0 heterocycles. The monoisotopic (exact) mass is 484 g/mol. The fraction of sp³-hybridized carbons (Fsp3) is 0.750. The molecule has 0 spiro atoms. The molecule has 32 heavy (non-hydrogen) atoms. The molecule has 0 amide bonds. The summed E-state index contributed by atoms with van der Waals surface area (Å²) in [4.78, 5) is 0. The van der Waals surface area contributed by atoms with Crippen molar-refractivity contribution in [1.82, 2.24) is 0 Å². The minimum Gasteiger partial charge on any atom is -0.397 e. The molecule has 0 fully saturated rings. The Bertz CT molecular complexity index is 504. The highest BCUT2D eigenvalue weighted by atomic mass is 28.3. The summed E-state index contributed by atoms with van der Waals surface area (Å²) in [7, 11) is -3.18. The SMILES string of the molecule is CCO[SiH](OCC)C(CC)CCNc1ccc(NCCC(CC)[SiH](OCC)OCC)cc1. The van der Waals surface area contributed by atoms with Crippen LogP contribution in [0.4, 0.5) is 11.4 Å². The maximum Gasteiger partial charge on any atom is 0.324 e. The average molecular weight is 485 g/mol. The molecule has 0 aliphatic rings. The Morgan fingerprint density at radius 3 is 1.16 bits per heavy atom. The van der Waals surface area contributed by atoms with Gasteiger partial charge in [0.1, 0.15) is 0 Å². The highest BCUT2D eigenvalue weighted by molar-refractivity contribution is 6.46. The third-order valence-corrected chi connectivity index (χ3v) is 11.5. The van der Waals surface area contributed by atoms with Crippen molar-refractivity contribution < 1.29 is 17.7 Å². The molecule has 2 unspecified atom stereocenters. The molecule has 0 aliphatic carbocycles. The topological polar surface area (TPSA) is 61.0 Å². The number of nitrogens with one attached hydrogen (secondary N) is 2. The molecule has 1 rings (SSSR count). The standard InChI is InChI=1S/C24H48N2O4Si2/c1-7-23(31(27-9-3)28-10-4)17-19-25-21-13-15-22(16-14-21)26-20-18-24(8-2)32(29-11-5)30-12-6/h13-16,23-26,31-32H,7-12,17-20H2,1-6H3. The first-order valence-corrected chi connectivity index (χ1v) is 15.9.